The first-order chi connectivity index (χ1) is 12.9. The first-order valence-corrected chi connectivity index (χ1v) is 8.72. The molecule has 0 amide bonds. The Hall–Kier alpha value is -1.90. The minimum absolute atomic E-state index is 0. The van der Waals surface area contributed by atoms with Crippen molar-refractivity contribution in [3.05, 3.63) is 57.4 Å². The third kappa shape index (κ3) is 3.00. The van der Waals surface area contributed by atoms with Crippen LogP contribution in [0.1, 0.15) is 30.0 Å². The fraction of sp³-hybridized carbons (Fsp3) is 0.250. The van der Waals surface area contributed by atoms with Gasteiger partial charge < -0.3 is 31.9 Å². The number of carbonyl (C=O) groups excluding carboxylic acids is 1. The van der Waals surface area contributed by atoms with Gasteiger partial charge in [0.15, 0.2) is 5.60 Å². The summed E-state index contributed by atoms with van der Waals surface area (Å²) in [5.41, 5.74) is 1.25. The topological polar surface area (TPSA) is 102 Å². The number of esters is 1. The molecule has 29 heavy (non-hydrogen) atoms. The standard InChI is InChI=1S/C20H16N2O5.ClH.Na/c1-2-20(26)14-7-16-17-11(5-10-6-12(23)3-4-15(10)21-17)8-22(16)18(24)13(14)9-27-19(20)25;;/h3-7,23,26H,2,8-9H2,1H3;1H;/q;;+1/p-1. The molecule has 0 saturated heterocycles. The molecule has 5 rings (SSSR count). The molecule has 2 aromatic heterocycles. The van der Waals surface area contributed by atoms with E-state index >= 15 is 0 Å². The van der Waals surface area contributed by atoms with Crippen LogP contribution in [0.15, 0.2) is 35.1 Å². The van der Waals surface area contributed by atoms with Crippen LogP contribution in [0.2, 0.25) is 0 Å². The number of rotatable bonds is 1. The molecule has 2 aliphatic heterocycles. The maximum atomic E-state index is 13.0. The fourth-order valence-electron chi connectivity index (χ4n) is 3.97. The summed E-state index contributed by atoms with van der Waals surface area (Å²) < 4.78 is 6.65. The molecule has 0 bridgehead atoms. The molecule has 3 aromatic rings. The summed E-state index contributed by atoms with van der Waals surface area (Å²) in [5.74, 6) is -0.585. The minimum atomic E-state index is -1.83. The van der Waals surface area contributed by atoms with Crippen LogP contribution >= 0.6 is 0 Å². The smallest absolute Gasteiger partial charge is 1.00 e. The van der Waals surface area contributed by atoms with E-state index in [2.05, 4.69) is 4.98 Å². The molecule has 0 fully saturated rings. The van der Waals surface area contributed by atoms with Crippen molar-refractivity contribution in [3.63, 3.8) is 0 Å². The average Bonchev–Trinajstić information content (AvgIpc) is 3.01. The van der Waals surface area contributed by atoms with E-state index in [0.717, 1.165) is 10.9 Å². The van der Waals surface area contributed by atoms with Crippen molar-refractivity contribution in [2.75, 3.05) is 0 Å². The Morgan fingerprint density at radius 1 is 1.24 bits per heavy atom. The Kier molecular flexibility index (Phi) is 5.57. The third-order valence-corrected chi connectivity index (χ3v) is 5.49. The Bertz CT molecular complexity index is 1230. The fourth-order valence-corrected chi connectivity index (χ4v) is 3.97. The molecule has 144 valence electrons. The normalized spacial score (nSPS) is 18.8. The van der Waals surface area contributed by atoms with Crippen molar-refractivity contribution in [2.24, 2.45) is 0 Å². The van der Waals surface area contributed by atoms with Gasteiger partial charge in [-0.15, -0.1) is 0 Å². The van der Waals surface area contributed by atoms with Gasteiger partial charge in [-0.2, -0.15) is 0 Å². The summed E-state index contributed by atoms with van der Waals surface area (Å²) in [4.78, 5) is 29.8. The van der Waals surface area contributed by atoms with Gasteiger partial charge in [-0.25, -0.2) is 9.78 Å². The molecule has 1 atom stereocenters. The van der Waals surface area contributed by atoms with E-state index in [1.165, 1.54) is 0 Å². The van der Waals surface area contributed by atoms with Crippen molar-refractivity contribution in [1.82, 2.24) is 9.55 Å². The van der Waals surface area contributed by atoms with Crippen LogP contribution in [0.5, 0.6) is 5.75 Å². The largest absolute Gasteiger partial charge is 1.00 e. The van der Waals surface area contributed by atoms with E-state index < -0.39 is 11.6 Å². The molecule has 2 aliphatic rings. The van der Waals surface area contributed by atoms with Crippen molar-refractivity contribution in [3.8, 4) is 17.1 Å². The number of benzene rings is 1. The molecule has 7 nitrogen and oxygen atoms in total. The molecule has 0 spiro atoms. The van der Waals surface area contributed by atoms with Gasteiger partial charge in [0.05, 0.1) is 29.0 Å². The second kappa shape index (κ2) is 7.41. The second-order valence-electron chi connectivity index (χ2n) is 6.98. The number of aromatic hydroxyl groups is 1. The Labute approximate surface area is 194 Å². The van der Waals surface area contributed by atoms with Crippen LogP contribution < -0.4 is 47.5 Å². The predicted octanol–water partition coefficient (Wildman–Crippen LogP) is -4.21. The third-order valence-electron chi connectivity index (χ3n) is 5.49. The molecular weight excluding hydrogens is 407 g/mol. The van der Waals surface area contributed by atoms with Crippen molar-refractivity contribution in [1.29, 1.82) is 0 Å². The number of aromatic nitrogens is 2. The Morgan fingerprint density at radius 3 is 2.72 bits per heavy atom. The van der Waals surface area contributed by atoms with Crippen molar-refractivity contribution >= 4 is 16.9 Å². The van der Waals surface area contributed by atoms with E-state index in [-0.39, 0.29) is 66.3 Å². The molecule has 0 saturated carbocycles. The summed E-state index contributed by atoms with van der Waals surface area (Å²) in [6.45, 7) is 1.87. The van der Waals surface area contributed by atoms with Crippen LogP contribution in [-0.2, 0) is 28.3 Å². The first-order valence-electron chi connectivity index (χ1n) is 8.72. The van der Waals surface area contributed by atoms with Gasteiger partial charge in [-0.1, -0.05) is 6.92 Å². The number of cyclic esters (lactones) is 1. The van der Waals surface area contributed by atoms with Gasteiger partial charge in [0.25, 0.3) is 5.56 Å². The van der Waals surface area contributed by atoms with Crippen molar-refractivity contribution in [2.45, 2.75) is 32.1 Å². The van der Waals surface area contributed by atoms with E-state index in [1.54, 1.807) is 35.8 Å². The summed E-state index contributed by atoms with van der Waals surface area (Å²) >= 11 is 0. The molecule has 0 radical (unpaired) electrons. The van der Waals surface area contributed by atoms with E-state index in [0.29, 0.717) is 34.6 Å². The predicted molar refractivity (Wildman–Crippen MR) is 96.2 cm³/mol. The summed E-state index contributed by atoms with van der Waals surface area (Å²) in [5, 5.41) is 21.3. The number of ether oxygens (including phenoxy) is 1. The Balaban J connectivity index is 0.00000120. The van der Waals surface area contributed by atoms with Gasteiger partial charge in [-0.05, 0) is 36.8 Å². The van der Waals surface area contributed by atoms with E-state index in [9.17, 15) is 19.8 Å². The van der Waals surface area contributed by atoms with Crippen LogP contribution in [-0.4, -0.2) is 25.7 Å². The van der Waals surface area contributed by atoms with Gasteiger partial charge >= 0.3 is 35.5 Å². The molecular formula is C20H16ClN2NaO5. The number of fused-ring (bicyclic) bond motifs is 5. The zero-order valence-corrected chi connectivity index (χ0v) is 18.7. The average molecular weight is 423 g/mol. The summed E-state index contributed by atoms with van der Waals surface area (Å²) in [6, 6.07) is 8.48. The maximum Gasteiger partial charge on any atom is 1.00 e. The number of phenols is 1. The van der Waals surface area contributed by atoms with E-state index in [4.69, 9.17) is 4.74 Å². The number of nitrogens with zero attached hydrogens (tertiary/aromatic N) is 2. The number of halogens is 1. The SMILES string of the molecule is CCC1(O)C(=O)OCc2c1cc1n(c2=O)Cc2cc3cc(O)ccc3nc2-1.[Cl-].[Na+]. The molecule has 0 aliphatic carbocycles. The number of phenolic OH excluding ortho intramolecular Hbond substituents is 1. The maximum absolute atomic E-state index is 13.0. The molecule has 1 unspecified atom stereocenters. The zero-order chi connectivity index (χ0) is 18.9. The number of pyridine rings is 2. The number of hydrogen-bond acceptors (Lipinski definition) is 6. The number of aliphatic hydroxyl groups is 1. The molecule has 1 aromatic carbocycles. The van der Waals surface area contributed by atoms with Crippen LogP contribution in [0.3, 0.4) is 0 Å². The summed E-state index contributed by atoms with van der Waals surface area (Å²) in [7, 11) is 0. The zero-order valence-electron chi connectivity index (χ0n) is 15.9. The second-order valence-corrected chi connectivity index (χ2v) is 6.98. The minimum Gasteiger partial charge on any atom is -1.00 e. The van der Waals surface area contributed by atoms with E-state index in [1.807, 2.05) is 6.07 Å². The number of carbonyl (C=O) groups is 1. The van der Waals surface area contributed by atoms with Crippen LogP contribution in [0.25, 0.3) is 22.3 Å². The van der Waals surface area contributed by atoms with Gasteiger partial charge in [0.2, 0.25) is 0 Å². The Morgan fingerprint density at radius 2 is 2.00 bits per heavy atom. The number of hydrogen-bond donors (Lipinski definition) is 2. The molecule has 4 heterocycles. The first kappa shape index (κ1) is 21.8. The van der Waals surface area contributed by atoms with Crippen LogP contribution in [0, 0.1) is 0 Å². The van der Waals surface area contributed by atoms with Crippen LogP contribution in [0.4, 0.5) is 0 Å². The van der Waals surface area contributed by atoms with Gasteiger partial charge in [-0.3, -0.25) is 4.79 Å². The van der Waals surface area contributed by atoms with Gasteiger partial charge in [0.1, 0.15) is 12.4 Å². The van der Waals surface area contributed by atoms with Gasteiger partial charge in [0, 0.05) is 16.5 Å². The quantitative estimate of drug-likeness (QED) is 0.238. The molecule has 2 N–H and O–H groups in total. The summed E-state index contributed by atoms with van der Waals surface area (Å²) in [6.07, 6.45) is 0.110. The van der Waals surface area contributed by atoms with Crippen molar-refractivity contribution < 1.29 is 61.7 Å². The molecule has 9 heteroatoms. The monoisotopic (exact) mass is 422 g/mol.